The molecule has 0 aliphatic carbocycles. The van der Waals surface area contributed by atoms with Gasteiger partial charge < -0.3 is 0 Å². The molecule has 0 aromatic rings. The number of hydrogen-bond donors (Lipinski definition) is 0. The molecule has 0 aliphatic heterocycles. The Morgan fingerprint density at radius 3 is 2.00 bits per heavy atom. The van der Waals surface area contributed by atoms with Gasteiger partial charge in [0.25, 0.3) is 0 Å². The van der Waals surface area contributed by atoms with Gasteiger partial charge in [-0.3, -0.25) is 0 Å². The molecular weight excluding hydrogens is 223 g/mol. The van der Waals surface area contributed by atoms with E-state index < -0.39 is 7.27 Å². The van der Waals surface area contributed by atoms with Crippen LogP contribution in [-0.2, 0) is 0 Å². The molecule has 0 saturated carbocycles. The predicted molar refractivity (Wildman–Crippen MR) is 74.3 cm³/mol. The minimum absolute atomic E-state index is 0.889. The SMILES string of the molecule is C=C/C=C(\C=C)P(Cl)/C(C=C)=C/C=C\C. The van der Waals surface area contributed by atoms with Crippen LogP contribution in [0.1, 0.15) is 6.92 Å². The first-order chi connectivity index (χ1) is 7.21. The minimum atomic E-state index is -0.889. The van der Waals surface area contributed by atoms with Gasteiger partial charge in [-0.15, -0.1) is 0 Å². The number of rotatable bonds is 6. The molecule has 2 heteroatoms. The van der Waals surface area contributed by atoms with Gasteiger partial charge in [0.2, 0.25) is 0 Å². The second kappa shape index (κ2) is 8.47. The molecular formula is C13H16ClP. The van der Waals surface area contributed by atoms with Crippen LogP contribution in [0, 0.1) is 0 Å². The smallest absolute Gasteiger partial charge is 0.0523 e. The van der Waals surface area contributed by atoms with Crippen molar-refractivity contribution in [1.29, 1.82) is 0 Å². The molecule has 0 saturated heterocycles. The van der Waals surface area contributed by atoms with Gasteiger partial charge in [-0.05, 0) is 17.6 Å². The number of allylic oxidation sites excluding steroid dienone is 9. The van der Waals surface area contributed by atoms with Crippen LogP contribution in [0.25, 0.3) is 0 Å². The summed E-state index contributed by atoms with van der Waals surface area (Å²) in [6.45, 7) is 13.1. The van der Waals surface area contributed by atoms with E-state index in [1.807, 2.05) is 31.2 Å². The average Bonchev–Trinajstić information content (AvgIpc) is 2.26. The Morgan fingerprint density at radius 1 is 1.07 bits per heavy atom. The number of halogens is 1. The molecule has 0 rings (SSSR count). The normalized spacial score (nSPS) is 15.1. The zero-order valence-corrected chi connectivity index (χ0v) is 10.6. The monoisotopic (exact) mass is 238 g/mol. The highest BCUT2D eigenvalue weighted by Crippen LogP contribution is 2.57. The van der Waals surface area contributed by atoms with Gasteiger partial charge in [0, 0.05) is 0 Å². The van der Waals surface area contributed by atoms with Crippen molar-refractivity contribution < 1.29 is 0 Å². The first-order valence-corrected chi connectivity index (χ1v) is 6.82. The van der Waals surface area contributed by atoms with Crippen LogP contribution in [0.5, 0.6) is 0 Å². The molecule has 0 aliphatic rings. The zero-order chi connectivity index (χ0) is 11.7. The molecule has 0 aromatic carbocycles. The van der Waals surface area contributed by atoms with Crippen molar-refractivity contribution in [3.05, 3.63) is 72.9 Å². The maximum atomic E-state index is 6.33. The van der Waals surface area contributed by atoms with Crippen molar-refractivity contribution in [1.82, 2.24) is 0 Å². The Hall–Kier alpha value is -0.840. The molecule has 0 fully saturated rings. The predicted octanol–water partition coefficient (Wildman–Crippen LogP) is 5.52. The maximum Gasteiger partial charge on any atom is 0.0523 e. The van der Waals surface area contributed by atoms with Gasteiger partial charge in [0.1, 0.15) is 0 Å². The van der Waals surface area contributed by atoms with Crippen molar-refractivity contribution in [2.45, 2.75) is 6.92 Å². The van der Waals surface area contributed by atoms with Crippen LogP contribution >= 0.6 is 18.5 Å². The third kappa shape index (κ3) is 4.97. The Bertz CT molecular complexity index is 321. The average molecular weight is 239 g/mol. The molecule has 1 atom stereocenters. The van der Waals surface area contributed by atoms with Crippen LogP contribution in [0.15, 0.2) is 72.9 Å². The molecule has 0 nitrogen and oxygen atoms in total. The summed E-state index contributed by atoms with van der Waals surface area (Å²) in [4.78, 5) is 0. The molecule has 80 valence electrons. The summed E-state index contributed by atoms with van der Waals surface area (Å²) in [6, 6.07) is 0. The molecule has 0 N–H and O–H groups in total. The third-order valence-electron chi connectivity index (χ3n) is 1.62. The summed E-state index contributed by atoms with van der Waals surface area (Å²) in [5.41, 5.74) is 0. The second-order valence-electron chi connectivity index (χ2n) is 2.63. The lowest BCUT2D eigenvalue weighted by atomic mass is 10.4. The van der Waals surface area contributed by atoms with Crippen LogP contribution in [-0.4, -0.2) is 0 Å². The van der Waals surface area contributed by atoms with Gasteiger partial charge in [-0.25, -0.2) is 0 Å². The zero-order valence-electron chi connectivity index (χ0n) is 8.99. The Balaban J connectivity index is 5.00. The molecule has 1 unspecified atom stereocenters. The molecule has 15 heavy (non-hydrogen) atoms. The topological polar surface area (TPSA) is 0 Å². The van der Waals surface area contributed by atoms with E-state index in [-0.39, 0.29) is 0 Å². The van der Waals surface area contributed by atoms with Crippen molar-refractivity contribution in [3.8, 4) is 0 Å². The summed E-state index contributed by atoms with van der Waals surface area (Å²) in [5.74, 6) is 0. The van der Waals surface area contributed by atoms with E-state index in [1.54, 1.807) is 18.2 Å². The molecule has 0 amide bonds. The van der Waals surface area contributed by atoms with Gasteiger partial charge in [0.05, 0.1) is 7.27 Å². The first kappa shape index (κ1) is 14.2. The Kier molecular flexibility index (Phi) is 7.99. The molecule has 0 aromatic heterocycles. The highest BCUT2D eigenvalue weighted by molar-refractivity contribution is 7.90. The molecule has 0 radical (unpaired) electrons. The van der Waals surface area contributed by atoms with E-state index in [9.17, 15) is 0 Å². The van der Waals surface area contributed by atoms with Crippen molar-refractivity contribution >= 4 is 18.5 Å². The second-order valence-corrected chi connectivity index (χ2v) is 5.24. The standard InChI is InChI=1S/C13H16ClP/c1-5-9-11-13(8-4)15(14)12(7-3)10-6-2/h5-11H,2-4H2,1H3/b9-5-,12-10+,13-11+. The summed E-state index contributed by atoms with van der Waals surface area (Å²) in [7, 11) is -0.889. The van der Waals surface area contributed by atoms with E-state index in [2.05, 4.69) is 19.7 Å². The van der Waals surface area contributed by atoms with Gasteiger partial charge in [-0.1, -0.05) is 73.5 Å². The van der Waals surface area contributed by atoms with E-state index in [0.29, 0.717) is 0 Å². The Labute approximate surface area is 98.6 Å². The lowest BCUT2D eigenvalue weighted by Crippen LogP contribution is -1.75. The minimum Gasteiger partial charge on any atom is -0.0990 e. The molecule has 0 spiro atoms. The van der Waals surface area contributed by atoms with E-state index >= 15 is 0 Å². The summed E-state index contributed by atoms with van der Waals surface area (Å²) >= 11 is 6.33. The van der Waals surface area contributed by atoms with E-state index in [1.165, 1.54) is 0 Å². The van der Waals surface area contributed by atoms with Crippen molar-refractivity contribution in [2.24, 2.45) is 0 Å². The Morgan fingerprint density at radius 2 is 1.60 bits per heavy atom. The van der Waals surface area contributed by atoms with Crippen LogP contribution in [0.2, 0.25) is 0 Å². The highest BCUT2D eigenvalue weighted by atomic mass is 35.7. The van der Waals surface area contributed by atoms with Gasteiger partial charge in [-0.2, -0.15) is 0 Å². The first-order valence-electron chi connectivity index (χ1n) is 4.57. The van der Waals surface area contributed by atoms with Crippen LogP contribution < -0.4 is 0 Å². The largest absolute Gasteiger partial charge is 0.0990 e. The van der Waals surface area contributed by atoms with Crippen LogP contribution in [0.4, 0.5) is 0 Å². The summed E-state index contributed by atoms with van der Waals surface area (Å²) < 4.78 is 0. The maximum absolute atomic E-state index is 6.33. The van der Waals surface area contributed by atoms with Crippen LogP contribution in [0.3, 0.4) is 0 Å². The van der Waals surface area contributed by atoms with E-state index in [4.69, 9.17) is 11.2 Å². The van der Waals surface area contributed by atoms with Crippen molar-refractivity contribution in [3.63, 3.8) is 0 Å². The number of hydrogen-bond acceptors (Lipinski definition) is 0. The van der Waals surface area contributed by atoms with E-state index in [0.717, 1.165) is 10.6 Å². The molecule has 0 bridgehead atoms. The fraction of sp³-hybridized carbons (Fsp3) is 0.0769. The van der Waals surface area contributed by atoms with Gasteiger partial charge >= 0.3 is 0 Å². The molecule has 0 heterocycles. The lowest BCUT2D eigenvalue weighted by Gasteiger charge is -2.10. The highest BCUT2D eigenvalue weighted by Gasteiger charge is 2.10. The van der Waals surface area contributed by atoms with Gasteiger partial charge in [0.15, 0.2) is 0 Å². The van der Waals surface area contributed by atoms with Crippen molar-refractivity contribution in [2.75, 3.05) is 0 Å². The quantitative estimate of drug-likeness (QED) is 0.422. The summed E-state index contributed by atoms with van der Waals surface area (Å²) in [5, 5.41) is 2.00. The third-order valence-corrected chi connectivity index (χ3v) is 4.36. The summed E-state index contributed by atoms with van der Waals surface area (Å²) in [6.07, 6.45) is 13.0. The fourth-order valence-corrected chi connectivity index (χ4v) is 2.72. The lowest BCUT2D eigenvalue weighted by molar-refractivity contribution is 1.72. The fourth-order valence-electron chi connectivity index (χ4n) is 0.892.